The van der Waals surface area contributed by atoms with Gasteiger partial charge in [-0.2, -0.15) is 0 Å². The zero-order chi connectivity index (χ0) is 15.2. The number of nitrogens with one attached hydrogen (secondary N) is 1. The van der Waals surface area contributed by atoms with Crippen LogP contribution in [0.2, 0.25) is 5.02 Å². The highest BCUT2D eigenvalue weighted by Gasteiger charge is 2.25. The first-order valence-corrected chi connectivity index (χ1v) is 7.19. The van der Waals surface area contributed by atoms with Gasteiger partial charge in [0.15, 0.2) is 4.90 Å². The number of benzene rings is 1. The Hall–Kier alpha value is -1.87. The lowest BCUT2D eigenvalue weighted by molar-refractivity contribution is -0.387. The molecule has 1 aromatic carbocycles. The predicted molar refractivity (Wildman–Crippen MR) is 71.9 cm³/mol. The highest BCUT2D eigenvalue weighted by atomic mass is 35.5. The van der Waals surface area contributed by atoms with Crippen molar-refractivity contribution in [2.45, 2.75) is 11.3 Å². The summed E-state index contributed by atoms with van der Waals surface area (Å²) in [5.74, 6) is 0. The minimum Gasteiger partial charge on any atom is -0.258 e. The molecule has 0 aliphatic heterocycles. The van der Waals surface area contributed by atoms with Gasteiger partial charge >= 0.3 is 0 Å². The van der Waals surface area contributed by atoms with Crippen molar-refractivity contribution in [2.24, 2.45) is 5.11 Å². The molecule has 0 saturated carbocycles. The van der Waals surface area contributed by atoms with E-state index in [1.54, 1.807) is 0 Å². The van der Waals surface area contributed by atoms with Crippen molar-refractivity contribution in [1.29, 1.82) is 0 Å². The Morgan fingerprint density at radius 3 is 2.80 bits per heavy atom. The molecule has 0 fully saturated rings. The fourth-order valence-electron chi connectivity index (χ4n) is 1.34. The Balaban J connectivity index is 2.92. The summed E-state index contributed by atoms with van der Waals surface area (Å²) in [6, 6.07) is 3.29. The zero-order valence-electron chi connectivity index (χ0n) is 10.1. The van der Waals surface area contributed by atoms with Gasteiger partial charge in [-0.05, 0) is 24.1 Å². The molecule has 0 unspecified atom stereocenters. The summed E-state index contributed by atoms with van der Waals surface area (Å²) in [5, 5.41) is 14.1. The zero-order valence-corrected chi connectivity index (χ0v) is 11.6. The average molecular weight is 320 g/mol. The van der Waals surface area contributed by atoms with Crippen molar-refractivity contribution in [2.75, 3.05) is 13.1 Å². The first-order chi connectivity index (χ1) is 9.38. The number of rotatable bonds is 7. The van der Waals surface area contributed by atoms with E-state index in [9.17, 15) is 18.5 Å². The smallest absolute Gasteiger partial charge is 0.258 e. The van der Waals surface area contributed by atoms with Gasteiger partial charge < -0.3 is 0 Å². The largest absolute Gasteiger partial charge is 0.290 e. The van der Waals surface area contributed by atoms with Crippen molar-refractivity contribution >= 4 is 27.3 Å². The van der Waals surface area contributed by atoms with E-state index in [1.165, 1.54) is 6.07 Å². The molecular formula is C9H10ClN5O4S. The van der Waals surface area contributed by atoms with Crippen LogP contribution in [-0.2, 0) is 10.0 Å². The summed E-state index contributed by atoms with van der Waals surface area (Å²) in [6.07, 6.45) is 0.282. The third-order valence-electron chi connectivity index (χ3n) is 2.20. The lowest BCUT2D eigenvalue weighted by Gasteiger charge is -2.06. The first-order valence-electron chi connectivity index (χ1n) is 5.33. The van der Waals surface area contributed by atoms with Crippen LogP contribution in [0.5, 0.6) is 0 Å². The molecule has 20 heavy (non-hydrogen) atoms. The summed E-state index contributed by atoms with van der Waals surface area (Å²) in [5.41, 5.74) is 7.46. The molecule has 0 atom stereocenters. The molecule has 0 aliphatic rings. The molecule has 0 saturated heterocycles. The van der Waals surface area contributed by atoms with Crippen molar-refractivity contribution < 1.29 is 13.3 Å². The molecule has 0 spiro atoms. The number of nitro groups is 1. The summed E-state index contributed by atoms with van der Waals surface area (Å²) in [6.45, 7) is 0.128. The third kappa shape index (κ3) is 4.35. The van der Waals surface area contributed by atoms with Crippen LogP contribution < -0.4 is 4.72 Å². The molecular weight excluding hydrogens is 310 g/mol. The Morgan fingerprint density at radius 1 is 1.50 bits per heavy atom. The maximum absolute atomic E-state index is 11.9. The number of azide groups is 1. The molecule has 0 aromatic heterocycles. The van der Waals surface area contributed by atoms with Crippen LogP contribution in [0.25, 0.3) is 10.4 Å². The third-order valence-corrected chi connectivity index (χ3v) is 3.94. The van der Waals surface area contributed by atoms with Crippen LogP contribution in [0, 0.1) is 10.1 Å². The summed E-state index contributed by atoms with van der Waals surface area (Å²) in [7, 11) is -4.02. The minimum atomic E-state index is -4.02. The highest BCUT2D eigenvalue weighted by molar-refractivity contribution is 7.89. The summed E-state index contributed by atoms with van der Waals surface area (Å²) < 4.78 is 26.1. The number of hydrogen-bond acceptors (Lipinski definition) is 5. The van der Waals surface area contributed by atoms with Crippen molar-refractivity contribution in [3.63, 3.8) is 0 Å². The van der Waals surface area contributed by atoms with E-state index in [1.807, 2.05) is 0 Å². The van der Waals surface area contributed by atoms with E-state index in [-0.39, 0.29) is 24.5 Å². The Kier molecular flexibility index (Phi) is 5.71. The molecule has 108 valence electrons. The molecule has 0 radical (unpaired) electrons. The van der Waals surface area contributed by atoms with E-state index in [0.717, 1.165) is 12.1 Å². The van der Waals surface area contributed by atoms with Crippen molar-refractivity contribution in [3.05, 3.63) is 43.8 Å². The van der Waals surface area contributed by atoms with Crippen LogP contribution in [0.1, 0.15) is 6.42 Å². The summed E-state index contributed by atoms with van der Waals surface area (Å²) in [4.78, 5) is 12.1. The second-order valence-corrected chi connectivity index (χ2v) is 5.75. The second kappa shape index (κ2) is 7.06. The van der Waals surface area contributed by atoms with Gasteiger partial charge in [0.1, 0.15) is 0 Å². The number of hydrogen-bond donors (Lipinski definition) is 1. The van der Waals surface area contributed by atoms with Gasteiger partial charge in [0.25, 0.3) is 5.69 Å². The van der Waals surface area contributed by atoms with E-state index < -0.39 is 25.5 Å². The van der Waals surface area contributed by atoms with Gasteiger partial charge in [0, 0.05) is 29.1 Å². The Labute approximate surface area is 119 Å². The molecule has 0 bridgehead atoms. The van der Waals surface area contributed by atoms with Crippen LogP contribution in [-0.4, -0.2) is 26.4 Å². The molecule has 0 amide bonds. The van der Waals surface area contributed by atoms with Crippen molar-refractivity contribution in [1.82, 2.24) is 4.72 Å². The fourth-order valence-corrected chi connectivity index (χ4v) is 2.73. The standard InChI is InChI=1S/C9H10ClN5O4S/c10-7-2-3-9(8(6-7)15(16)17)20(18,19)13-5-1-4-12-14-11/h2-3,6,13H,1,4-5H2. The molecule has 1 N–H and O–H groups in total. The van der Waals surface area contributed by atoms with Gasteiger partial charge in [-0.1, -0.05) is 16.7 Å². The van der Waals surface area contributed by atoms with Crippen LogP contribution in [0.4, 0.5) is 5.69 Å². The van der Waals surface area contributed by atoms with E-state index in [4.69, 9.17) is 17.1 Å². The van der Waals surface area contributed by atoms with Crippen LogP contribution in [0.3, 0.4) is 0 Å². The maximum atomic E-state index is 11.9. The number of halogens is 1. The normalized spacial score (nSPS) is 10.8. The van der Waals surface area contributed by atoms with Crippen LogP contribution >= 0.6 is 11.6 Å². The fraction of sp³-hybridized carbons (Fsp3) is 0.333. The maximum Gasteiger partial charge on any atom is 0.290 e. The van der Waals surface area contributed by atoms with E-state index in [0.29, 0.717) is 0 Å². The van der Waals surface area contributed by atoms with E-state index >= 15 is 0 Å². The average Bonchev–Trinajstić information content (AvgIpc) is 2.38. The second-order valence-electron chi connectivity index (χ2n) is 3.57. The molecule has 11 heteroatoms. The lowest BCUT2D eigenvalue weighted by Crippen LogP contribution is -2.25. The topological polar surface area (TPSA) is 138 Å². The van der Waals surface area contributed by atoms with Gasteiger partial charge in [-0.3, -0.25) is 10.1 Å². The molecule has 0 aliphatic carbocycles. The van der Waals surface area contributed by atoms with Crippen molar-refractivity contribution in [3.8, 4) is 0 Å². The van der Waals surface area contributed by atoms with Gasteiger partial charge in [0.2, 0.25) is 10.0 Å². The van der Waals surface area contributed by atoms with Gasteiger partial charge in [0.05, 0.1) is 4.92 Å². The minimum absolute atomic E-state index is 0.00113. The lowest BCUT2D eigenvalue weighted by atomic mass is 10.3. The Bertz CT molecular complexity index is 656. The highest BCUT2D eigenvalue weighted by Crippen LogP contribution is 2.26. The quantitative estimate of drug-likeness (QED) is 0.205. The predicted octanol–water partition coefficient (Wildman–Crippen LogP) is 2.23. The molecule has 9 nitrogen and oxygen atoms in total. The van der Waals surface area contributed by atoms with E-state index in [2.05, 4.69) is 14.7 Å². The first kappa shape index (κ1) is 16.2. The van der Waals surface area contributed by atoms with Crippen LogP contribution in [0.15, 0.2) is 28.2 Å². The Morgan fingerprint density at radius 2 is 2.20 bits per heavy atom. The molecule has 0 heterocycles. The monoisotopic (exact) mass is 319 g/mol. The SMILES string of the molecule is [N-]=[N+]=NCCCNS(=O)(=O)c1ccc(Cl)cc1[N+](=O)[O-]. The number of sulfonamides is 1. The van der Waals surface area contributed by atoms with Gasteiger partial charge in [-0.15, -0.1) is 0 Å². The number of nitrogens with zero attached hydrogens (tertiary/aromatic N) is 4. The molecule has 1 rings (SSSR count). The summed E-state index contributed by atoms with van der Waals surface area (Å²) >= 11 is 5.61. The number of nitro benzene ring substituents is 1. The molecule has 1 aromatic rings. The van der Waals surface area contributed by atoms with Gasteiger partial charge in [-0.25, -0.2) is 13.1 Å².